The van der Waals surface area contributed by atoms with E-state index in [9.17, 15) is 4.39 Å². The highest BCUT2D eigenvalue weighted by Crippen LogP contribution is 2.20. The molecule has 0 bridgehead atoms. The summed E-state index contributed by atoms with van der Waals surface area (Å²) in [4.78, 5) is 11.9. The van der Waals surface area contributed by atoms with E-state index in [2.05, 4.69) is 27.2 Å². The molecule has 0 saturated carbocycles. The number of anilines is 1. The van der Waals surface area contributed by atoms with Crippen LogP contribution in [-0.2, 0) is 16.2 Å². The monoisotopic (exact) mass is 381 g/mol. The molecule has 1 saturated heterocycles. The van der Waals surface area contributed by atoms with Gasteiger partial charge in [-0.15, -0.1) is 0 Å². The molecule has 3 aromatic rings. The molecule has 0 radical (unpaired) electrons. The molecule has 1 aromatic heterocycles. The zero-order chi connectivity index (χ0) is 19.2. The average Bonchev–Trinajstić information content (AvgIpc) is 3.21. The van der Waals surface area contributed by atoms with Crippen molar-refractivity contribution in [1.82, 2.24) is 4.98 Å². The SMILES string of the molecule is Fc1cccc(-c2nc(CO/N=C/c3ccc(N4CCOCC4)cc3)co2)c1. The quantitative estimate of drug-likeness (QED) is 0.479. The number of oxime groups is 1. The predicted molar refractivity (Wildman–Crippen MR) is 104 cm³/mol. The fourth-order valence-corrected chi connectivity index (χ4v) is 2.92. The number of hydrogen-bond donors (Lipinski definition) is 0. The second-order valence-electron chi connectivity index (χ2n) is 6.35. The molecule has 0 N–H and O–H groups in total. The third-order valence-corrected chi connectivity index (χ3v) is 4.38. The van der Waals surface area contributed by atoms with Gasteiger partial charge in [0.2, 0.25) is 5.89 Å². The molecule has 0 unspecified atom stereocenters. The zero-order valence-electron chi connectivity index (χ0n) is 15.3. The predicted octanol–water partition coefficient (Wildman–Crippen LogP) is 3.87. The summed E-state index contributed by atoms with van der Waals surface area (Å²) in [6.45, 7) is 3.51. The first-order valence-electron chi connectivity index (χ1n) is 9.06. The smallest absolute Gasteiger partial charge is 0.226 e. The Bertz CT molecular complexity index is 934. The third kappa shape index (κ3) is 4.55. The molecule has 1 aliphatic rings. The highest BCUT2D eigenvalue weighted by atomic mass is 19.1. The first-order valence-corrected chi connectivity index (χ1v) is 9.06. The standard InChI is InChI=1S/C21H20FN3O3/c22-18-3-1-2-17(12-18)21-24-19(14-27-21)15-28-23-13-16-4-6-20(7-5-16)25-8-10-26-11-9-25/h1-7,12-14H,8-11,15H2/b23-13+. The molecule has 0 spiro atoms. The molecule has 2 heterocycles. The summed E-state index contributed by atoms with van der Waals surface area (Å²) in [6.07, 6.45) is 3.13. The maximum Gasteiger partial charge on any atom is 0.226 e. The van der Waals surface area contributed by atoms with Gasteiger partial charge in [-0.2, -0.15) is 0 Å². The Kier molecular flexibility index (Phi) is 5.63. The van der Waals surface area contributed by atoms with Crippen LogP contribution in [0.2, 0.25) is 0 Å². The van der Waals surface area contributed by atoms with Gasteiger partial charge in [-0.3, -0.25) is 0 Å². The van der Waals surface area contributed by atoms with Gasteiger partial charge in [-0.1, -0.05) is 23.4 Å². The van der Waals surface area contributed by atoms with Gasteiger partial charge in [0.15, 0.2) is 6.61 Å². The van der Waals surface area contributed by atoms with Crippen molar-refractivity contribution >= 4 is 11.9 Å². The average molecular weight is 381 g/mol. The number of hydrogen-bond acceptors (Lipinski definition) is 6. The number of benzene rings is 2. The molecule has 7 heteroatoms. The van der Waals surface area contributed by atoms with E-state index >= 15 is 0 Å². The molecule has 0 aliphatic carbocycles. The van der Waals surface area contributed by atoms with Crippen molar-refractivity contribution in [2.45, 2.75) is 6.61 Å². The zero-order valence-corrected chi connectivity index (χ0v) is 15.3. The number of oxazole rings is 1. The Labute approximate surface area is 162 Å². The van der Waals surface area contributed by atoms with Gasteiger partial charge < -0.3 is 18.9 Å². The van der Waals surface area contributed by atoms with Crippen molar-refractivity contribution in [1.29, 1.82) is 0 Å². The number of rotatable bonds is 6. The van der Waals surface area contributed by atoms with E-state index in [1.807, 2.05) is 12.1 Å². The van der Waals surface area contributed by atoms with Gasteiger partial charge >= 0.3 is 0 Å². The maximum absolute atomic E-state index is 13.3. The Morgan fingerprint density at radius 2 is 1.96 bits per heavy atom. The van der Waals surface area contributed by atoms with Crippen molar-refractivity contribution < 1.29 is 18.4 Å². The molecule has 6 nitrogen and oxygen atoms in total. The van der Waals surface area contributed by atoms with Crippen LogP contribution in [0.15, 0.2) is 64.4 Å². The van der Waals surface area contributed by atoms with Gasteiger partial charge in [-0.25, -0.2) is 9.37 Å². The Morgan fingerprint density at radius 3 is 2.75 bits per heavy atom. The summed E-state index contributed by atoms with van der Waals surface area (Å²) in [6, 6.07) is 14.2. The second kappa shape index (κ2) is 8.67. The molecule has 0 amide bonds. The van der Waals surface area contributed by atoms with Crippen LogP contribution in [0.25, 0.3) is 11.5 Å². The minimum atomic E-state index is -0.335. The van der Waals surface area contributed by atoms with Gasteiger partial charge in [0, 0.05) is 24.3 Å². The molecule has 2 aromatic carbocycles. The van der Waals surface area contributed by atoms with E-state index in [0.29, 0.717) is 17.1 Å². The highest BCUT2D eigenvalue weighted by Gasteiger charge is 2.10. The summed E-state index contributed by atoms with van der Waals surface area (Å²) in [5, 5.41) is 3.97. The summed E-state index contributed by atoms with van der Waals surface area (Å²) in [5.41, 5.74) is 3.28. The van der Waals surface area contributed by atoms with Crippen LogP contribution in [0.3, 0.4) is 0 Å². The lowest BCUT2D eigenvalue weighted by Gasteiger charge is -2.28. The Morgan fingerprint density at radius 1 is 1.14 bits per heavy atom. The van der Waals surface area contributed by atoms with E-state index < -0.39 is 0 Å². The molecule has 28 heavy (non-hydrogen) atoms. The van der Waals surface area contributed by atoms with Crippen LogP contribution >= 0.6 is 0 Å². The lowest BCUT2D eigenvalue weighted by molar-refractivity contribution is 0.122. The fourth-order valence-electron chi connectivity index (χ4n) is 2.92. The van der Waals surface area contributed by atoms with Crippen LogP contribution in [0.4, 0.5) is 10.1 Å². The van der Waals surface area contributed by atoms with E-state index in [0.717, 1.165) is 31.9 Å². The van der Waals surface area contributed by atoms with Crippen molar-refractivity contribution in [3.8, 4) is 11.5 Å². The van der Waals surface area contributed by atoms with Crippen molar-refractivity contribution in [3.05, 3.63) is 71.9 Å². The normalized spacial score (nSPS) is 14.5. The number of ether oxygens (including phenoxy) is 1. The lowest BCUT2D eigenvalue weighted by atomic mass is 10.2. The minimum Gasteiger partial charge on any atom is -0.444 e. The van der Waals surface area contributed by atoms with Crippen molar-refractivity contribution in [3.63, 3.8) is 0 Å². The molecule has 144 valence electrons. The summed E-state index contributed by atoms with van der Waals surface area (Å²) < 4.78 is 24.0. The number of aromatic nitrogens is 1. The topological polar surface area (TPSA) is 60.1 Å². The summed E-state index contributed by atoms with van der Waals surface area (Å²) in [7, 11) is 0. The van der Waals surface area contributed by atoms with Crippen LogP contribution < -0.4 is 4.90 Å². The maximum atomic E-state index is 13.3. The van der Waals surface area contributed by atoms with Crippen LogP contribution in [0, 0.1) is 5.82 Å². The first-order chi connectivity index (χ1) is 13.8. The van der Waals surface area contributed by atoms with Crippen molar-refractivity contribution in [2.75, 3.05) is 31.2 Å². The first kappa shape index (κ1) is 18.2. The van der Waals surface area contributed by atoms with Gasteiger partial charge in [0.25, 0.3) is 0 Å². The molecule has 0 atom stereocenters. The fraction of sp³-hybridized carbons (Fsp3) is 0.238. The number of halogens is 1. The van der Waals surface area contributed by atoms with E-state index in [1.165, 1.54) is 24.1 Å². The third-order valence-electron chi connectivity index (χ3n) is 4.38. The van der Waals surface area contributed by atoms with Crippen LogP contribution in [0.5, 0.6) is 0 Å². The summed E-state index contributed by atoms with van der Waals surface area (Å²) >= 11 is 0. The molecule has 1 aliphatic heterocycles. The molecular weight excluding hydrogens is 361 g/mol. The molecular formula is C21H20FN3O3. The van der Waals surface area contributed by atoms with Gasteiger partial charge in [-0.05, 0) is 35.9 Å². The summed E-state index contributed by atoms with van der Waals surface area (Å²) in [5.74, 6) is 0.0125. The second-order valence-corrected chi connectivity index (χ2v) is 6.35. The molecule has 1 fully saturated rings. The number of morpholine rings is 1. The Hall–Kier alpha value is -3.19. The lowest BCUT2D eigenvalue weighted by Crippen LogP contribution is -2.36. The van der Waals surface area contributed by atoms with E-state index in [4.69, 9.17) is 14.0 Å². The number of nitrogens with zero attached hydrogens (tertiary/aromatic N) is 3. The Balaban J connectivity index is 1.29. The molecule has 4 rings (SSSR count). The van der Waals surface area contributed by atoms with Gasteiger partial charge in [0.05, 0.1) is 19.4 Å². The largest absolute Gasteiger partial charge is 0.444 e. The van der Waals surface area contributed by atoms with E-state index in [-0.39, 0.29) is 12.4 Å². The van der Waals surface area contributed by atoms with Crippen LogP contribution in [0.1, 0.15) is 11.3 Å². The minimum absolute atomic E-state index is 0.168. The highest BCUT2D eigenvalue weighted by molar-refractivity contribution is 5.79. The van der Waals surface area contributed by atoms with Gasteiger partial charge in [0.1, 0.15) is 17.8 Å². The van der Waals surface area contributed by atoms with Crippen molar-refractivity contribution in [2.24, 2.45) is 5.16 Å². The van der Waals surface area contributed by atoms with E-state index in [1.54, 1.807) is 18.3 Å². The van der Waals surface area contributed by atoms with Crippen LogP contribution in [-0.4, -0.2) is 37.5 Å².